The van der Waals surface area contributed by atoms with E-state index in [2.05, 4.69) is 59.5 Å². The van der Waals surface area contributed by atoms with Gasteiger partial charge in [0.2, 0.25) is 5.72 Å². The maximum absolute atomic E-state index is 11.0. The van der Waals surface area contributed by atoms with Crippen LogP contribution >= 0.6 is 22.6 Å². The Morgan fingerprint density at radius 3 is 2.68 bits per heavy atom. The van der Waals surface area contributed by atoms with Gasteiger partial charge in [0, 0.05) is 34.0 Å². The van der Waals surface area contributed by atoms with Crippen molar-refractivity contribution in [2.75, 3.05) is 11.9 Å². The van der Waals surface area contributed by atoms with Crippen molar-refractivity contribution in [1.82, 2.24) is 0 Å². The average Bonchev–Trinajstić information content (AvgIpc) is 2.73. The summed E-state index contributed by atoms with van der Waals surface area (Å²) in [5.41, 5.74) is 2.23. The van der Waals surface area contributed by atoms with Crippen molar-refractivity contribution in [1.29, 1.82) is 0 Å². The second kappa shape index (κ2) is 5.20. The number of non-ortho nitro benzene ring substituents is 1. The molecule has 0 fully saturated rings. The highest BCUT2D eigenvalue weighted by Gasteiger charge is 2.57. The van der Waals surface area contributed by atoms with Crippen molar-refractivity contribution >= 4 is 40.0 Å². The lowest BCUT2D eigenvalue weighted by atomic mass is 9.76. The van der Waals surface area contributed by atoms with Crippen molar-refractivity contribution in [2.45, 2.75) is 25.0 Å². The Bertz CT molecular complexity index is 938. The minimum atomic E-state index is -0.664. The van der Waals surface area contributed by atoms with Gasteiger partial charge in [-0.2, -0.15) is 0 Å². The molecule has 2 aliphatic heterocycles. The number of nitro groups is 1. The van der Waals surface area contributed by atoms with Crippen LogP contribution in [0.2, 0.25) is 0 Å². The van der Waals surface area contributed by atoms with E-state index < -0.39 is 5.72 Å². The molecular formula is C19H17IN2O3. The first-order chi connectivity index (χ1) is 11.8. The average molecular weight is 448 g/mol. The van der Waals surface area contributed by atoms with Crippen molar-refractivity contribution in [2.24, 2.45) is 0 Å². The molecule has 2 aromatic rings. The quantitative estimate of drug-likeness (QED) is 0.360. The van der Waals surface area contributed by atoms with Crippen LogP contribution in [0.25, 0.3) is 6.08 Å². The summed E-state index contributed by atoms with van der Waals surface area (Å²) in [5, 5.41) is 11.0. The van der Waals surface area contributed by atoms with E-state index >= 15 is 0 Å². The highest BCUT2D eigenvalue weighted by molar-refractivity contribution is 14.1. The van der Waals surface area contributed by atoms with E-state index in [1.165, 1.54) is 15.2 Å². The maximum Gasteiger partial charge on any atom is 0.270 e. The maximum atomic E-state index is 11.0. The van der Waals surface area contributed by atoms with E-state index in [9.17, 15) is 10.1 Å². The standard InChI is InChI=1S/C19H17IN2O3/c1-18(2)15-11-13(20)4-6-16(15)21(3)19(18)9-8-12-10-14(22(23)24)5-7-17(12)25-19/h4-11H,1-3H3/t19-/m1/s1. The molecule has 1 spiro atoms. The van der Waals surface area contributed by atoms with E-state index in [0.29, 0.717) is 5.75 Å². The largest absolute Gasteiger partial charge is 0.463 e. The second-order valence-corrected chi connectivity index (χ2v) is 8.20. The summed E-state index contributed by atoms with van der Waals surface area (Å²) >= 11 is 2.32. The van der Waals surface area contributed by atoms with E-state index in [-0.39, 0.29) is 16.0 Å². The first kappa shape index (κ1) is 16.4. The zero-order chi connectivity index (χ0) is 18.0. The third-order valence-electron chi connectivity index (χ3n) is 5.35. The molecule has 128 valence electrons. The molecule has 0 aliphatic carbocycles. The third kappa shape index (κ3) is 2.13. The predicted molar refractivity (Wildman–Crippen MR) is 106 cm³/mol. The minimum Gasteiger partial charge on any atom is -0.463 e. The van der Waals surface area contributed by atoms with Gasteiger partial charge >= 0.3 is 0 Å². The Kier molecular flexibility index (Phi) is 3.41. The number of nitrogens with zero attached hydrogens (tertiary/aromatic N) is 2. The summed E-state index contributed by atoms with van der Waals surface area (Å²) in [5.74, 6) is 0.663. The summed E-state index contributed by atoms with van der Waals surface area (Å²) in [6.07, 6.45) is 3.95. The van der Waals surface area contributed by atoms with E-state index in [0.717, 1.165) is 11.3 Å². The molecule has 6 heteroatoms. The lowest BCUT2D eigenvalue weighted by molar-refractivity contribution is -0.384. The number of anilines is 1. The van der Waals surface area contributed by atoms with Crippen LogP contribution in [0.4, 0.5) is 11.4 Å². The number of rotatable bonds is 1. The molecule has 0 saturated carbocycles. The van der Waals surface area contributed by atoms with Gasteiger partial charge in [0.25, 0.3) is 5.69 Å². The number of hydrogen-bond donors (Lipinski definition) is 0. The van der Waals surface area contributed by atoms with Gasteiger partial charge in [-0.25, -0.2) is 0 Å². The first-order valence-corrected chi connectivity index (χ1v) is 9.05. The highest BCUT2D eigenvalue weighted by Crippen LogP contribution is 2.54. The van der Waals surface area contributed by atoms with Crippen LogP contribution in [0, 0.1) is 13.7 Å². The number of fused-ring (bicyclic) bond motifs is 2. The molecule has 2 aromatic carbocycles. The summed E-state index contributed by atoms with van der Waals surface area (Å²) in [7, 11) is 2.03. The number of halogens is 1. The lowest BCUT2D eigenvalue weighted by Crippen LogP contribution is -2.58. The predicted octanol–water partition coefficient (Wildman–Crippen LogP) is 4.73. The zero-order valence-electron chi connectivity index (χ0n) is 14.1. The fourth-order valence-corrected chi connectivity index (χ4v) is 4.38. The second-order valence-electron chi connectivity index (χ2n) is 6.96. The molecule has 4 rings (SSSR count). The third-order valence-corrected chi connectivity index (χ3v) is 6.02. The van der Waals surface area contributed by atoms with Crippen molar-refractivity contribution in [3.05, 3.63) is 67.3 Å². The van der Waals surface area contributed by atoms with Gasteiger partial charge in [-0.3, -0.25) is 10.1 Å². The van der Waals surface area contributed by atoms with E-state index in [1.54, 1.807) is 12.1 Å². The first-order valence-electron chi connectivity index (χ1n) is 7.97. The van der Waals surface area contributed by atoms with Gasteiger partial charge in [0.1, 0.15) is 5.75 Å². The number of hydrogen-bond acceptors (Lipinski definition) is 4. The zero-order valence-corrected chi connectivity index (χ0v) is 16.3. The van der Waals surface area contributed by atoms with Crippen LogP contribution in [0.1, 0.15) is 25.0 Å². The van der Waals surface area contributed by atoms with Gasteiger partial charge < -0.3 is 9.64 Å². The Morgan fingerprint density at radius 1 is 1.20 bits per heavy atom. The van der Waals surface area contributed by atoms with Crippen molar-refractivity contribution in [3.8, 4) is 5.75 Å². The molecule has 0 radical (unpaired) electrons. The van der Waals surface area contributed by atoms with Crippen molar-refractivity contribution < 1.29 is 9.66 Å². The fraction of sp³-hybridized carbons (Fsp3) is 0.263. The summed E-state index contributed by atoms with van der Waals surface area (Å²) in [6.45, 7) is 4.35. The van der Waals surface area contributed by atoms with Crippen LogP contribution < -0.4 is 9.64 Å². The lowest BCUT2D eigenvalue weighted by Gasteiger charge is -2.45. The van der Waals surface area contributed by atoms with Gasteiger partial charge in [-0.05, 0) is 78.4 Å². The SMILES string of the molecule is CN1c2ccc(I)cc2C(C)(C)[C@]12C=Cc1cc([N+](=O)[O-])ccc1O2. The molecule has 0 bridgehead atoms. The number of benzene rings is 2. The smallest absolute Gasteiger partial charge is 0.270 e. The molecule has 1 atom stereocenters. The molecule has 0 amide bonds. The van der Waals surface area contributed by atoms with Crippen LogP contribution in [-0.4, -0.2) is 17.7 Å². The molecular weight excluding hydrogens is 431 g/mol. The molecule has 2 heterocycles. The van der Waals surface area contributed by atoms with Crippen LogP contribution in [0.15, 0.2) is 42.5 Å². The van der Waals surface area contributed by atoms with Crippen molar-refractivity contribution in [3.63, 3.8) is 0 Å². The van der Waals surface area contributed by atoms with Gasteiger partial charge in [0.05, 0.1) is 10.3 Å². The molecule has 0 saturated heterocycles. The van der Waals surface area contributed by atoms with Gasteiger partial charge in [0.15, 0.2) is 0 Å². The molecule has 0 N–H and O–H groups in total. The van der Waals surface area contributed by atoms with Crippen LogP contribution in [0.5, 0.6) is 5.75 Å². The molecule has 5 nitrogen and oxygen atoms in total. The Labute approximate surface area is 159 Å². The van der Waals surface area contributed by atoms with Crippen LogP contribution in [-0.2, 0) is 5.41 Å². The number of likely N-dealkylation sites (N-methyl/N-ethyl adjacent to an activating group) is 1. The molecule has 25 heavy (non-hydrogen) atoms. The molecule has 0 unspecified atom stereocenters. The Hall–Kier alpha value is -2.09. The molecule has 2 aliphatic rings. The molecule has 0 aromatic heterocycles. The van der Waals surface area contributed by atoms with E-state index in [4.69, 9.17) is 4.74 Å². The van der Waals surface area contributed by atoms with E-state index in [1.807, 2.05) is 19.2 Å². The summed E-state index contributed by atoms with van der Waals surface area (Å²) in [6, 6.07) is 11.1. The van der Waals surface area contributed by atoms with Gasteiger partial charge in [-0.1, -0.05) is 0 Å². The van der Waals surface area contributed by atoms with Crippen LogP contribution in [0.3, 0.4) is 0 Å². The highest BCUT2D eigenvalue weighted by atomic mass is 127. The van der Waals surface area contributed by atoms with Gasteiger partial charge in [-0.15, -0.1) is 0 Å². The monoisotopic (exact) mass is 448 g/mol. The Balaban J connectivity index is 1.85. The summed E-state index contributed by atoms with van der Waals surface area (Å²) in [4.78, 5) is 12.8. The number of nitro benzene ring substituents is 1. The normalized spacial score (nSPS) is 22.5. The topological polar surface area (TPSA) is 55.6 Å². The fourth-order valence-electron chi connectivity index (χ4n) is 3.89. The summed E-state index contributed by atoms with van der Waals surface area (Å²) < 4.78 is 7.66. The number of ether oxygens (including phenoxy) is 1. The Morgan fingerprint density at radius 2 is 1.96 bits per heavy atom. The minimum absolute atomic E-state index is 0.0693.